The molecule has 0 spiro atoms. The van der Waals surface area contributed by atoms with Gasteiger partial charge in [0, 0.05) is 35.1 Å². The highest BCUT2D eigenvalue weighted by Gasteiger charge is 2.21. The molecule has 0 saturated carbocycles. The molecule has 2 aromatic carbocycles. The van der Waals surface area contributed by atoms with Crippen molar-refractivity contribution in [1.82, 2.24) is 5.32 Å². The third-order valence-corrected chi connectivity index (χ3v) is 3.89. The Bertz CT molecular complexity index is 872. The summed E-state index contributed by atoms with van der Waals surface area (Å²) in [6, 6.07) is 13.9. The van der Waals surface area contributed by atoms with Crippen molar-refractivity contribution < 1.29 is 14.4 Å². The number of rotatable bonds is 6. The second kappa shape index (κ2) is 9.03. The predicted octanol–water partition coefficient (Wildman–Crippen LogP) is 3.08. The van der Waals surface area contributed by atoms with E-state index >= 15 is 0 Å². The molecule has 0 unspecified atom stereocenters. The predicted molar refractivity (Wildman–Crippen MR) is 111 cm³/mol. The number of nitrogens with one attached hydrogen (secondary N) is 4. The lowest BCUT2D eigenvalue weighted by molar-refractivity contribution is -0.123. The van der Waals surface area contributed by atoms with Crippen molar-refractivity contribution in [3.05, 3.63) is 54.1 Å². The van der Waals surface area contributed by atoms with Crippen LogP contribution in [0.3, 0.4) is 0 Å². The Morgan fingerprint density at radius 2 is 1.46 bits per heavy atom. The summed E-state index contributed by atoms with van der Waals surface area (Å²) in [5.74, 6) is -0.556. The second-order valence-corrected chi connectivity index (χ2v) is 7.35. The Morgan fingerprint density at radius 1 is 0.857 bits per heavy atom. The van der Waals surface area contributed by atoms with Crippen LogP contribution in [0, 0.1) is 5.41 Å². The molecule has 0 heterocycles. The molecule has 7 heteroatoms. The molecular formula is C21H26N4O3. The van der Waals surface area contributed by atoms with Gasteiger partial charge in [-0.3, -0.25) is 14.4 Å². The topological polar surface area (TPSA) is 99.3 Å². The maximum Gasteiger partial charge on any atom is 0.251 e. The first kappa shape index (κ1) is 21.0. The molecule has 0 radical (unpaired) electrons. The fourth-order valence-corrected chi connectivity index (χ4v) is 2.30. The number of amides is 3. The number of hydrogen-bond acceptors (Lipinski definition) is 4. The first-order chi connectivity index (χ1) is 13.2. The summed E-state index contributed by atoms with van der Waals surface area (Å²) in [7, 11) is 1.55. The summed E-state index contributed by atoms with van der Waals surface area (Å²) in [5, 5.41) is 11.2. The van der Waals surface area contributed by atoms with Crippen LogP contribution in [0.4, 0.5) is 17.1 Å². The SMILES string of the molecule is CNC(=O)c1cccc(NC(=O)CNc2cccc(NC(=O)C(C)(C)C)c2)c1. The van der Waals surface area contributed by atoms with Crippen LogP contribution in [0.15, 0.2) is 48.5 Å². The van der Waals surface area contributed by atoms with E-state index in [4.69, 9.17) is 0 Å². The van der Waals surface area contributed by atoms with Crippen LogP contribution >= 0.6 is 0 Å². The molecule has 0 aromatic heterocycles. The van der Waals surface area contributed by atoms with Crippen LogP contribution in [-0.2, 0) is 9.59 Å². The van der Waals surface area contributed by atoms with Crippen molar-refractivity contribution in [3.63, 3.8) is 0 Å². The minimum absolute atomic E-state index is 0.0425. The van der Waals surface area contributed by atoms with E-state index < -0.39 is 5.41 Å². The smallest absolute Gasteiger partial charge is 0.251 e. The maximum absolute atomic E-state index is 12.2. The van der Waals surface area contributed by atoms with E-state index in [1.807, 2.05) is 26.8 Å². The summed E-state index contributed by atoms with van der Waals surface area (Å²) >= 11 is 0. The normalized spacial score (nSPS) is 10.7. The van der Waals surface area contributed by atoms with Crippen molar-refractivity contribution in [2.24, 2.45) is 5.41 Å². The zero-order valence-electron chi connectivity index (χ0n) is 16.6. The van der Waals surface area contributed by atoms with Crippen molar-refractivity contribution in [2.45, 2.75) is 20.8 Å². The molecule has 2 rings (SSSR count). The first-order valence-electron chi connectivity index (χ1n) is 8.96. The van der Waals surface area contributed by atoms with E-state index in [9.17, 15) is 14.4 Å². The van der Waals surface area contributed by atoms with E-state index in [-0.39, 0.29) is 24.3 Å². The zero-order valence-corrected chi connectivity index (χ0v) is 16.6. The van der Waals surface area contributed by atoms with Crippen LogP contribution in [0.25, 0.3) is 0 Å². The van der Waals surface area contributed by atoms with Crippen LogP contribution in [-0.4, -0.2) is 31.3 Å². The fraction of sp³-hybridized carbons (Fsp3) is 0.286. The average Bonchev–Trinajstić information content (AvgIpc) is 2.65. The van der Waals surface area contributed by atoms with E-state index in [0.717, 1.165) is 0 Å². The molecule has 7 nitrogen and oxygen atoms in total. The van der Waals surface area contributed by atoms with Gasteiger partial charge < -0.3 is 21.3 Å². The largest absolute Gasteiger partial charge is 0.376 e. The monoisotopic (exact) mass is 382 g/mol. The Hall–Kier alpha value is -3.35. The molecule has 0 bridgehead atoms. The third kappa shape index (κ3) is 6.12. The Kier molecular flexibility index (Phi) is 6.76. The van der Waals surface area contributed by atoms with E-state index in [1.165, 1.54) is 0 Å². The zero-order chi connectivity index (χ0) is 20.7. The summed E-state index contributed by atoms with van der Waals surface area (Å²) < 4.78 is 0. The fourth-order valence-electron chi connectivity index (χ4n) is 2.30. The Morgan fingerprint density at radius 3 is 2.11 bits per heavy atom. The summed E-state index contributed by atoms with van der Waals surface area (Å²) in [4.78, 5) is 35.9. The second-order valence-electron chi connectivity index (χ2n) is 7.35. The molecule has 0 atom stereocenters. The summed E-state index contributed by atoms with van der Waals surface area (Å²) in [6.07, 6.45) is 0. The average molecular weight is 382 g/mol. The molecule has 0 saturated heterocycles. The highest BCUT2D eigenvalue weighted by Crippen LogP contribution is 2.20. The lowest BCUT2D eigenvalue weighted by Crippen LogP contribution is -2.27. The molecule has 3 amide bonds. The van der Waals surface area contributed by atoms with Gasteiger partial charge in [-0.25, -0.2) is 0 Å². The van der Waals surface area contributed by atoms with Gasteiger partial charge in [-0.05, 0) is 36.4 Å². The van der Waals surface area contributed by atoms with Crippen molar-refractivity contribution >= 4 is 34.8 Å². The molecule has 2 aromatic rings. The van der Waals surface area contributed by atoms with Crippen LogP contribution in [0.2, 0.25) is 0 Å². The highest BCUT2D eigenvalue weighted by atomic mass is 16.2. The van der Waals surface area contributed by atoms with Gasteiger partial charge in [0.2, 0.25) is 11.8 Å². The van der Waals surface area contributed by atoms with Crippen LogP contribution in [0.1, 0.15) is 31.1 Å². The van der Waals surface area contributed by atoms with E-state index in [2.05, 4.69) is 21.3 Å². The van der Waals surface area contributed by atoms with Crippen LogP contribution in [0.5, 0.6) is 0 Å². The van der Waals surface area contributed by atoms with Gasteiger partial charge in [-0.15, -0.1) is 0 Å². The number of hydrogen-bond donors (Lipinski definition) is 4. The lowest BCUT2D eigenvalue weighted by Gasteiger charge is -2.18. The van der Waals surface area contributed by atoms with Crippen LogP contribution < -0.4 is 21.3 Å². The van der Waals surface area contributed by atoms with E-state index in [1.54, 1.807) is 49.5 Å². The maximum atomic E-state index is 12.2. The van der Waals surface area contributed by atoms with Gasteiger partial charge in [0.25, 0.3) is 5.91 Å². The molecule has 0 aliphatic heterocycles. The third-order valence-electron chi connectivity index (χ3n) is 3.89. The Balaban J connectivity index is 1.93. The van der Waals surface area contributed by atoms with E-state index in [0.29, 0.717) is 22.6 Å². The minimum atomic E-state index is -0.494. The van der Waals surface area contributed by atoms with Crippen molar-refractivity contribution in [3.8, 4) is 0 Å². The van der Waals surface area contributed by atoms with Crippen molar-refractivity contribution in [1.29, 1.82) is 0 Å². The standard InChI is InChI=1S/C21H26N4O3/c1-21(2,3)20(28)25-17-10-6-8-15(12-17)23-13-18(26)24-16-9-5-7-14(11-16)19(27)22-4/h5-12,23H,13H2,1-4H3,(H,22,27)(H,24,26)(H,25,28). The number of carbonyl (C=O) groups is 3. The molecular weight excluding hydrogens is 356 g/mol. The lowest BCUT2D eigenvalue weighted by atomic mass is 9.95. The van der Waals surface area contributed by atoms with Gasteiger partial charge in [-0.1, -0.05) is 32.9 Å². The quantitative estimate of drug-likeness (QED) is 0.617. The molecule has 28 heavy (non-hydrogen) atoms. The van der Waals surface area contributed by atoms with Gasteiger partial charge >= 0.3 is 0 Å². The minimum Gasteiger partial charge on any atom is -0.376 e. The van der Waals surface area contributed by atoms with Gasteiger partial charge in [0.1, 0.15) is 0 Å². The number of benzene rings is 2. The van der Waals surface area contributed by atoms with Gasteiger partial charge in [0.05, 0.1) is 6.54 Å². The number of anilines is 3. The molecule has 0 fully saturated rings. The number of carbonyl (C=O) groups excluding carboxylic acids is 3. The summed E-state index contributed by atoms with van der Waals surface area (Å²) in [6.45, 7) is 5.57. The first-order valence-corrected chi connectivity index (χ1v) is 8.96. The molecule has 4 N–H and O–H groups in total. The molecule has 0 aliphatic carbocycles. The molecule has 148 valence electrons. The summed E-state index contributed by atoms with van der Waals surface area (Å²) in [5.41, 5.74) is 1.88. The highest BCUT2D eigenvalue weighted by molar-refractivity contribution is 5.98. The van der Waals surface area contributed by atoms with Crippen molar-refractivity contribution in [2.75, 3.05) is 29.5 Å². The molecule has 0 aliphatic rings. The Labute approximate surface area is 164 Å². The van der Waals surface area contributed by atoms with Gasteiger partial charge in [-0.2, -0.15) is 0 Å². The van der Waals surface area contributed by atoms with Gasteiger partial charge in [0.15, 0.2) is 0 Å².